The molecule has 2 aliphatic rings. The van der Waals surface area contributed by atoms with E-state index in [9.17, 15) is 14.9 Å². The summed E-state index contributed by atoms with van der Waals surface area (Å²) in [6.45, 7) is 0. The second kappa shape index (κ2) is 4.16. The first-order valence-electron chi connectivity index (χ1n) is 6.45. The number of hydrogen-bond acceptors (Lipinski definition) is 4. The average Bonchev–Trinajstić information content (AvgIpc) is 2.73. The Morgan fingerprint density at radius 1 is 1.21 bits per heavy atom. The Kier molecular flexibility index (Phi) is 2.59. The molecule has 0 unspecified atom stereocenters. The smallest absolute Gasteiger partial charge is 0.268 e. The highest BCUT2D eigenvalue weighted by molar-refractivity contribution is 6.21. The second-order valence-corrected chi connectivity index (χ2v) is 5.05. The van der Waals surface area contributed by atoms with E-state index < -0.39 is 11.4 Å². The minimum absolute atomic E-state index is 0.174. The van der Waals surface area contributed by atoms with Crippen LogP contribution in [0.25, 0.3) is 0 Å². The molecule has 19 heavy (non-hydrogen) atoms. The van der Waals surface area contributed by atoms with Crippen LogP contribution in [0.4, 0.5) is 0 Å². The largest absolute Gasteiger partial charge is 0.281 e. The van der Waals surface area contributed by atoms with Crippen molar-refractivity contribution in [1.82, 2.24) is 9.88 Å². The molecule has 0 aromatic carbocycles. The van der Waals surface area contributed by atoms with Crippen molar-refractivity contribution in [1.29, 1.82) is 5.26 Å². The molecule has 2 heterocycles. The Balaban J connectivity index is 2.06. The van der Waals surface area contributed by atoms with Crippen molar-refractivity contribution in [3.05, 3.63) is 29.6 Å². The summed E-state index contributed by atoms with van der Waals surface area (Å²) in [6, 6.07) is 5.44. The maximum absolute atomic E-state index is 12.4. The molecule has 96 valence electrons. The molecule has 5 nitrogen and oxygen atoms in total. The molecule has 0 spiro atoms. The Hall–Kier alpha value is -2.22. The molecule has 0 saturated heterocycles. The summed E-state index contributed by atoms with van der Waals surface area (Å²) in [6.07, 6.45) is 5.41. The average molecular weight is 255 g/mol. The fourth-order valence-corrected chi connectivity index (χ4v) is 2.98. The fraction of sp³-hybridized carbons (Fsp3) is 0.429. The van der Waals surface area contributed by atoms with Gasteiger partial charge in [-0.2, -0.15) is 5.26 Å². The molecule has 1 saturated carbocycles. The van der Waals surface area contributed by atoms with Crippen molar-refractivity contribution in [2.24, 2.45) is 0 Å². The Labute approximate surface area is 110 Å². The van der Waals surface area contributed by atoms with Gasteiger partial charge in [0.05, 0.1) is 11.6 Å². The van der Waals surface area contributed by atoms with Crippen molar-refractivity contribution >= 4 is 11.8 Å². The van der Waals surface area contributed by atoms with Crippen molar-refractivity contribution in [3.8, 4) is 6.07 Å². The lowest BCUT2D eigenvalue weighted by molar-refractivity contribution is 0.0446. The van der Waals surface area contributed by atoms with Crippen LogP contribution in [0.2, 0.25) is 0 Å². The molecule has 0 bridgehead atoms. The number of carbonyl (C=O) groups is 2. The molecule has 3 rings (SSSR count). The van der Waals surface area contributed by atoms with Gasteiger partial charge in [0.2, 0.25) is 0 Å². The summed E-state index contributed by atoms with van der Waals surface area (Å²) in [4.78, 5) is 29.9. The van der Waals surface area contributed by atoms with Crippen molar-refractivity contribution in [2.75, 3.05) is 0 Å². The maximum Gasteiger partial charge on any atom is 0.281 e. The molecule has 0 radical (unpaired) electrons. The van der Waals surface area contributed by atoms with Crippen LogP contribution in [-0.2, 0) is 0 Å². The number of fused-ring (bicyclic) bond motifs is 1. The molecule has 2 amide bonds. The van der Waals surface area contributed by atoms with Gasteiger partial charge in [-0.15, -0.1) is 0 Å². The van der Waals surface area contributed by atoms with E-state index in [0.29, 0.717) is 18.4 Å². The zero-order chi connectivity index (χ0) is 13.5. The third-order valence-corrected chi connectivity index (χ3v) is 3.96. The summed E-state index contributed by atoms with van der Waals surface area (Å²) in [5, 5.41) is 9.50. The summed E-state index contributed by atoms with van der Waals surface area (Å²) in [5.41, 5.74) is -0.493. The van der Waals surface area contributed by atoms with Gasteiger partial charge >= 0.3 is 0 Å². The molecular weight excluding hydrogens is 242 g/mol. The summed E-state index contributed by atoms with van der Waals surface area (Å²) in [5.74, 6) is -0.805. The lowest BCUT2D eigenvalue weighted by atomic mass is 9.81. The topological polar surface area (TPSA) is 74.1 Å². The predicted octanol–water partition coefficient (Wildman–Crippen LogP) is 1.90. The van der Waals surface area contributed by atoms with E-state index in [0.717, 1.165) is 24.2 Å². The number of rotatable bonds is 1. The first-order valence-corrected chi connectivity index (χ1v) is 6.45. The van der Waals surface area contributed by atoms with Crippen molar-refractivity contribution in [2.45, 2.75) is 37.6 Å². The van der Waals surface area contributed by atoms with E-state index in [1.807, 2.05) is 0 Å². The standard InChI is InChI=1S/C14H13N3O2/c15-9-14(6-2-1-3-7-14)17-12(18)10-5-4-8-16-11(10)13(17)19/h4-5,8H,1-3,6-7H2. The van der Waals surface area contributed by atoms with E-state index in [1.54, 1.807) is 12.1 Å². The molecule has 1 fully saturated rings. The SMILES string of the molecule is N#CC1(N2C(=O)c3cccnc3C2=O)CCCCC1. The van der Waals surface area contributed by atoms with Gasteiger partial charge < -0.3 is 0 Å². The van der Waals surface area contributed by atoms with Gasteiger partial charge in [-0.25, -0.2) is 0 Å². The van der Waals surface area contributed by atoms with Gasteiger partial charge in [-0.3, -0.25) is 19.5 Å². The van der Waals surface area contributed by atoms with E-state index in [2.05, 4.69) is 11.1 Å². The highest BCUT2D eigenvalue weighted by Gasteiger charge is 2.50. The van der Waals surface area contributed by atoms with Crippen molar-refractivity contribution < 1.29 is 9.59 Å². The quantitative estimate of drug-likeness (QED) is 0.718. The van der Waals surface area contributed by atoms with Crippen LogP contribution in [0.5, 0.6) is 0 Å². The molecule has 5 heteroatoms. The molecule has 1 aromatic heterocycles. The van der Waals surface area contributed by atoms with E-state index in [-0.39, 0.29) is 11.6 Å². The lowest BCUT2D eigenvalue weighted by Gasteiger charge is -2.37. The number of carbonyl (C=O) groups excluding carboxylic acids is 2. The number of hydrogen-bond donors (Lipinski definition) is 0. The monoisotopic (exact) mass is 255 g/mol. The van der Waals surface area contributed by atoms with Crippen LogP contribution in [0.15, 0.2) is 18.3 Å². The zero-order valence-corrected chi connectivity index (χ0v) is 10.4. The molecular formula is C14H13N3O2. The predicted molar refractivity (Wildman–Crippen MR) is 66.2 cm³/mol. The highest BCUT2D eigenvalue weighted by Crippen LogP contribution is 2.37. The maximum atomic E-state index is 12.4. The van der Waals surface area contributed by atoms with Crippen molar-refractivity contribution in [3.63, 3.8) is 0 Å². The molecule has 0 N–H and O–H groups in total. The molecule has 1 aliphatic carbocycles. The van der Waals surface area contributed by atoms with E-state index in [4.69, 9.17) is 0 Å². The van der Waals surface area contributed by atoms with E-state index in [1.165, 1.54) is 6.20 Å². The molecule has 1 aliphatic heterocycles. The minimum Gasteiger partial charge on any atom is -0.268 e. The van der Waals surface area contributed by atoms with Gasteiger partial charge in [0.1, 0.15) is 11.2 Å². The number of pyridine rings is 1. The summed E-state index contributed by atoms with van der Waals surface area (Å²) in [7, 11) is 0. The van der Waals surface area contributed by atoms with Crippen LogP contribution < -0.4 is 0 Å². The number of imide groups is 1. The van der Waals surface area contributed by atoms with Crippen LogP contribution >= 0.6 is 0 Å². The lowest BCUT2D eigenvalue weighted by Crippen LogP contribution is -2.52. The van der Waals surface area contributed by atoms with Crippen LogP contribution in [0.3, 0.4) is 0 Å². The van der Waals surface area contributed by atoms with Gasteiger partial charge in [-0.05, 0) is 25.0 Å². The number of nitriles is 1. The first kappa shape index (κ1) is 11.8. The fourth-order valence-electron chi connectivity index (χ4n) is 2.98. The third kappa shape index (κ3) is 1.56. The van der Waals surface area contributed by atoms with E-state index >= 15 is 0 Å². The zero-order valence-electron chi connectivity index (χ0n) is 10.4. The van der Waals surface area contributed by atoms with Gasteiger partial charge in [-0.1, -0.05) is 19.3 Å². The first-order chi connectivity index (χ1) is 9.19. The Bertz CT molecular complexity index is 562. The van der Waals surface area contributed by atoms with Gasteiger partial charge in [0, 0.05) is 6.20 Å². The Morgan fingerprint density at radius 2 is 1.95 bits per heavy atom. The van der Waals surface area contributed by atoms with Gasteiger partial charge in [0.15, 0.2) is 0 Å². The summed E-state index contributed by atoms with van der Waals surface area (Å²) < 4.78 is 0. The minimum atomic E-state index is -0.979. The Morgan fingerprint density at radius 3 is 2.58 bits per heavy atom. The van der Waals surface area contributed by atoms with Crippen LogP contribution in [-0.4, -0.2) is 27.2 Å². The summed E-state index contributed by atoms with van der Waals surface area (Å²) >= 11 is 0. The molecule has 1 aromatic rings. The third-order valence-electron chi connectivity index (χ3n) is 3.96. The molecule has 0 atom stereocenters. The normalized spacial score (nSPS) is 21.1. The number of amides is 2. The second-order valence-electron chi connectivity index (χ2n) is 5.05. The number of aromatic nitrogens is 1. The van der Waals surface area contributed by atoms with Crippen LogP contribution in [0, 0.1) is 11.3 Å². The highest BCUT2D eigenvalue weighted by atomic mass is 16.2. The number of nitrogens with zero attached hydrogens (tertiary/aromatic N) is 3. The van der Waals surface area contributed by atoms with Crippen LogP contribution in [0.1, 0.15) is 53.0 Å². The van der Waals surface area contributed by atoms with Gasteiger partial charge in [0.25, 0.3) is 11.8 Å².